The summed E-state index contributed by atoms with van der Waals surface area (Å²) in [6.45, 7) is -1.37. The highest BCUT2D eigenvalue weighted by Gasteiger charge is 2.34. The molecule has 0 aliphatic heterocycles. The fraction of sp³-hybridized carbons (Fsp3) is 0.524. The van der Waals surface area contributed by atoms with E-state index in [-0.39, 0.29) is 12.5 Å². The number of alkyl carbamates (subject to hydrolysis) is 1. The molecule has 30 heavy (non-hydrogen) atoms. The molecule has 0 spiro atoms. The lowest BCUT2D eigenvalue weighted by Gasteiger charge is -2.30. The van der Waals surface area contributed by atoms with Gasteiger partial charge in [0.05, 0.1) is 6.42 Å². The van der Waals surface area contributed by atoms with Crippen LogP contribution in [0.25, 0.3) is 0 Å². The third-order valence-corrected chi connectivity index (χ3v) is 5.11. The van der Waals surface area contributed by atoms with Crippen LogP contribution in [-0.2, 0) is 25.7 Å². The van der Waals surface area contributed by atoms with Gasteiger partial charge in [-0.15, -0.1) is 0 Å². The Bertz CT molecular complexity index is 736. The number of amides is 2. The molecule has 1 fully saturated rings. The molecule has 1 aromatic carbocycles. The Morgan fingerprint density at radius 1 is 1.07 bits per heavy atom. The maximum atomic E-state index is 12.8. The average molecular weight is 422 g/mol. The molecular formula is C21H27FN2O6. The van der Waals surface area contributed by atoms with E-state index in [0.717, 1.165) is 24.8 Å². The van der Waals surface area contributed by atoms with Crippen molar-refractivity contribution < 1.29 is 33.4 Å². The number of benzene rings is 1. The molecule has 1 aliphatic rings. The Morgan fingerprint density at radius 2 is 1.73 bits per heavy atom. The lowest BCUT2D eigenvalue weighted by molar-refractivity contribution is -0.140. The predicted molar refractivity (Wildman–Crippen MR) is 105 cm³/mol. The maximum absolute atomic E-state index is 12.8. The summed E-state index contributed by atoms with van der Waals surface area (Å²) in [5.74, 6) is -3.27. The van der Waals surface area contributed by atoms with Crippen molar-refractivity contribution >= 4 is 23.8 Å². The Labute approximate surface area is 174 Å². The summed E-state index contributed by atoms with van der Waals surface area (Å²) in [7, 11) is 0. The third-order valence-electron chi connectivity index (χ3n) is 5.11. The van der Waals surface area contributed by atoms with E-state index in [1.807, 2.05) is 6.07 Å². The SMILES string of the molecule is O=C(O)C[C@H](NC(=O)[C@@H](NC(=O)OCc1ccccc1)C1CCCCC1)C(=O)CF. The molecule has 0 saturated heterocycles. The fourth-order valence-electron chi connectivity index (χ4n) is 3.53. The van der Waals surface area contributed by atoms with Gasteiger partial charge in [-0.05, 0) is 24.3 Å². The van der Waals surface area contributed by atoms with Crippen LogP contribution in [-0.4, -0.2) is 47.6 Å². The number of hydrogen-bond donors (Lipinski definition) is 3. The van der Waals surface area contributed by atoms with E-state index in [2.05, 4.69) is 10.6 Å². The van der Waals surface area contributed by atoms with Crippen molar-refractivity contribution in [1.29, 1.82) is 0 Å². The summed E-state index contributed by atoms with van der Waals surface area (Å²) in [5.41, 5.74) is 0.779. The van der Waals surface area contributed by atoms with Crippen molar-refractivity contribution in [1.82, 2.24) is 10.6 Å². The Kier molecular flexibility index (Phi) is 9.24. The number of nitrogens with one attached hydrogen (secondary N) is 2. The zero-order valence-corrected chi connectivity index (χ0v) is 16.6. The molecule has 1 aliphatic carbocycles. The monoisotopic (exact) mass is 422 g/mol. The number of carboxylic acids is 1. The van der Waals surface area contributed by atoms with Crippen molar-refractivity contribution in [2.45, 2.75) is 57.2 Å². The molecule has 0 bridgehead atoms. The highest BCUT2D eigenvalue weighted by atomic mass is 19.1. The molecule has 8 nitrogen and oxygen atoms in total. The number of ether oxygens (including phenoxy) is 1. The predicted octanol–water partition coefficient (Wildman–Crippen LogP) is 2.36. The van der Waals surface area contributed by atoms with E-state index in [0.29, 0.717) is 12.8 Å². The Morgan fingerprint density at radius 3 is 2.33 bits per heavy atom. The van der Waals surface area contributed by atoms with Gasteiger partial charge in [0.25, 0.3) is 0 Å². The molecule has 1 aromatic rings. The molecule has 3 N–H and O–H groups in total. The molecular weight excluding hydrogens is 395 g/mol. The van der Waals surface area contributed by atoms with Gasteiger partial charge in [-0.2, -0.15) is 0 Å². The quantitative estimate of drug-likeness (QED) is 0.532. The van der Waals surface area contributed by atoms with E-state index < -0.39 is 48.9 Å². The summed E-state index contributed by atoms with van der Waals surface area (Å²) in [6, 6.07) is 6.53. The van der Waals surface area contributed by atoms with Crippen LogP contribution in [0.4, 0.5) is 9.18 Å². The van der Waals surface area contributed by atoms with E-state index in [9.17, 15) is 23.6 Å². The number of rotatable bonds is 10. The zero-order chi connectivity index (χ0) is 21.9. The van der Waals surface area contributed by atoms with Crippen LogP contribution in [0, 0.1) is 5.92 Å². The second kappa shape index (κ2) is 11.9. The van der Waals surface area contributed by atoms with Gasteiger partial charge in [0.1, 0.15) is 25.4 Å². The molecule has 0 unspecified atom stereocenters. The van der Waals surface area contributed by atoms with Gasteiger partial charge < -0.3 is 20.5 Å². The molecule has 0 radical (unpaired) electrons. The van der Waals surface area contributed by atoms with Gasteiger partial charge in [0.15, 0.2) is 5.78 Å². The van der Waals surface area contributed by atoms with Crippen LogP contribution in [0.15, 0.2) is 30.3 Å². The number of alkyl halides is 1. The number of aliphatic carboxylic acids is 1. The first-order valence-corrected chi connectivity index (χ1v) is 9.98. The second-order valence-corrected chi connectivity index (χ2v) is 7.34. The molecule has 2 atom stereocenters. The Hall–Kier alpha value is -2.97. The lowest BCUT2D eigenvalue weighted by atomic mass is 9.83. The minimum atomic E-state index is -1.49. The average Bonchev–Trinajstić information content (AvgIpc) is 2.76. The number of carboxylic acid groups (broad SMARTS) is 1. The third kappa shape index (κ3) is 7.46. The summed E-state index contributed by atoms with van der Waals surface area (Å²) in [4.78, 5) is 47.8. The molecule has 164 valence electrons. The molecule has 1 saturated carbocycles. The van der Waals surface area contributed by atoms with E-state index in [1.54, 1.807) is 24.3 Å². The number of hydrogen-bond acceptors (Lipinski definition) is 5. The minimum Gasteiger partial charge on any atom is -0.481 e. The van der Waals surface area contributed by atoms with Gasteiger partial charge >= 0.3 is 12.1 Å². The van der Waals surface area contributed by atoms with Crippen molar-refractivity contribution in [3.63, 3.8) is 0 Å². The van der Waals surface area contributed by atoms with Gasteiger partial charge in [-0.3, -0.25) is 14.4 Å². The molecule has 9 heteroatoms. The highest BCUT2D eigenvalue weighted by Crippen LogP contribution is 2.27. The van der Waals surface area contributed by atoms with Crippen LogP contribution < -0.4 is 10.6 Å². The van der Waals surface area contributed by atoms with Crippen LogP contribution >= 0.6 is 0 Å². The van der Waals surface area contributed by atoms with Crippen LogP contribution in [0.5, 0.6) is 0 Å². The molecule has 0 aromatic heterocycles. The van der Waals surface area contributed by atoms with E-state index >= 15 is 0 Å². The van der Waals surface area contributed by atoms with Gasteiger partial charge in [-0.25, -0.2) is 9.18 Å². The van der Waals surface area contributed by atoms with E-state index in [1.165, 1.54) is 0 Å². The van der Waals surface area contributed by atoms with Gasteiger partial charge in [0.2, 0.25) is 5.91 Å². The number of ketones is 1. The second-order valence-electron chi connectivity index (χ2n) is 7.34. The standard InChI is InChI=1S/C21H27FN2O6/c22-12-17(25)16(11-18(26)27)23-20(28)19(15-9-5-2-6-10-15)24-21(29)30-13-14-7-3-1-4-8-14/h1,3-4,7-8,15-16,19H,2,5-6,9-13H2,(H,23,28)(H,24,29)(H,26,27)/t16-,19-/m0/s1. The van der Waals surface area contributed by atoms with Crippen molar-refractivity contribution in [2.24, 2.45) is 5.92 Å². The summed E-state index contributed by atoms with van der Waals surface area (Å²) in [5, 5.41) is 13.8. The first-order valence-electron chi connectivity index (χ1n) is 9.98. The number of halogens is 1. The van der Waals surface area contributed by atoms with Crippen LogP contribution in [0.1, 0.15) is 44.1 Å². The number of carbonyl (C=O) groups is 4. The lowest BCUT2D eigenvalue weighted by Crippen LogP contribution is -2.55. The van der Waals surface area contributed by atoms with Crippen molar-refractivity contribution in [3.05, 3.63) is 35.9 Å². The van der Waals surface area contributed by atoms with Crippen molar-refractivity contribution in [3.8, 4) is 0 Å². The molecule has 2 amide bonds. The smallest absolute Gasteiger partial charge is 0.408 e. The van der Waals surface area contributed by atoms with Gasteiger partial charge in [0, 0.05) is 0 Å². The first kappa shape index (κ1) is 23.3. The highest BCUT2D eigenvalue weighted by molar-refractivity contribution is 5.94. The van der Waals surface area contributed by atoms with Crippen molar-refractivity contribution in [2.75, 3.05) is 6.67 Å². The zero-order valence-electron chi connectivity index (χ0n) is 16.6. The fourth-order valence-corrected chi connectivity index (χ4v) is 3.53. The topological polar surface area (TPSA) is 122 Å². The maximum Gasteiger partial charge on any atom is 0.408 e. The summed E-state index contributed by atoms with van der Waals surface area (Å²) >= 11 is 0. The minimum absolute atomic E-state index is 0.0215. The molecule has 0 heterocycles. The van der Waals surface area contributed by atoms with Crippen LogP contribution in [0.3, 0.4) is 0 Å². The Balaban J connectivity index is 2.05. The van der Waals surface area contributed by atoms with E-state index in [4.69, 9.17) is 9.84 Å². The van der Waals surface area contributed by atoms with Gasteiger partial charge in [-0.1, -0.05) is 49.6 Å². The first-order chi connectivity index (χ1) is 14.4. The number of carbonyl (C=O) groups excluding carboxylic acids is 3. The summed E-state index contributed by atoms with van der Waals surface area (Å²) in [6.07, 6.45) is 2.65. The summed E-state index contributed by atoms with van der Waals surface area (Å²) < 4.78 is 18.0. The van der Waals surface area contributed by atoms with Crippen LogP contribution in [0.2, 0.25) is 0 Å². The largest absolute Gasteiger partial charge is 0.481 e. The normalized spacial score (nSPS) is 16.2. The number of Topliss-reactive ketones (excluding diaryl/α,β-unsaturated/α-hetero) is 1. The molecule has 2 rings (SSSR count).